The highest BCUT2D eigenvalue weighted by Crippen LogP contribution is 2.20. The number of ether oxygens (including phenoxy) is 1. The molecule has 0 bridgehead atoms. The molecule has 1 aromatic carbocycles. The van der Waals surface area contributed by atoms with E-state index in [0.717, 1.165) is 10.0 Å². The molecule has 1 atom stereocenters. The SMILES string of the molecule is NCC1CN=C(c2ccccc2Br)O1. The van der Waals surface area contributed by atoms with E-state index in [1.165, 1.54) is 0 Å². The highest BCUT2D eigenvalue weighted by molar-refractivity contribution is 9.10. The standard InChI is InChI=1S/C10H11BrN2O/c11-9-4-2-1-3-8(9)10-13-6-7(5-12)14-10/h1-4,7H,5-6,12H2. The van der Waals surface area contributed by atoms with Gasteiger partial charge in [0.1, 0.15) is 6.10 Å². The zero-order valence-corrected chi connectivity index (χ0v) is 9.20. The van der Waals surface area contributed by atoms with Crippen LogP contribution in [0.25, 0.3) is 0 Å². The van der Waals surface area contributed by atoms with Crippen molar-refractivity contribution in [3.05, 3.63) is 34.3 Å². The van der Waals surface area contributed by atoms with Gasteiger partial charge in [-0.25, -0.2) is 4.99 Å². The summed E-state index contributed by atoms with van der Waals surface area (Å²) in [5.41, 5.74) is 6.49. The average Bonchev–Trinajstić information content (AvgIpc) is 2.67. The first kappa shape index (κ1) is 9.68. The van der Waals surface area contributed by atoms with Gasteiger partial charge in [-0.15, -0.1) is 0 Å². The molecule has 1 aliphatic rings. The topological polar surface area (TPSA) is 47.6 Å². The van der Waals surface area contributed by atoms with Crippen molar-refractivity contribution in [1.82, 2.24) is 0 Å². The number of aliphatic imine (C=N–C) groups is 1. The molecule has 14 heavy (non-hydrogen) atoms. The first-order valence-electron chi connectivity index (χ1n) is 4.47. The van der Waals surface area contributed by atoms with Gasteiger partial charge >= 0.3 is 0 Å². The lowest BCUT2D eigenvalue weighted by molar-refractivity contribution is 0.233. The zero-order valence-electron chi connectivity index (χ0n) is 7.61. The molecule has 0 amide bonds. The second kappa shape index (κ2) is 4.11. The van der Waals surface area contributed by atoms with E-state index in [1.807, 2.05) is 24.3 Å². The summed E-state index contributed by atoms with van der Waals surface area (Å²) in [7, 11) is 0. The lowest BCUT2D eigenvalue weighted by atomic mass is 10.2. The maximum Gasteiger partial charge on any atom is 0.217 e. The van der Waals surface area contributed by atoms with E-state index in [1.54, 1.807) is 0 Å². The quantitative estimate of drug-likeness (QED) is 0.871. The molecule has 0 saturated carbocycles. The Kier molecular flexibility index (Phi) is 2.84. The molecule has 2 rings (SSSR count). The van der Waals surface area contributed by atoms with Gasteiger partial charge in [-0.3, -0.25) is 0 Å². The first-order chi connectivity index (χ1) is 6.81. The molecule has 0 aromatic heterocycles. The Morgan fingerprint density at radius 1 is 1.50 bits per heavy atom. The van der Waals surface area contributed by atoms with Crippen LogP contribution in [0.15, 0.2) is 33.7 Å². The van der Waals surface area contributed by atoms with Crippen molar-refractivity contribution in [2.24, 2.45) is 10.7 Å². The van der Waals surface area contributed by atoms with Crippen molar-refractivity contribution in [3.63, 3.8) is 0 Å². The van der Waals surface area contributed by atoms with Crippen LogP contribution in [0.1, 0.15) is 5.56 Å². The van der Waals surface area contributed by atoms with Gasteiger partial charge in [0.15, 0.2) is 0 Å². The second-order valence-electron chi connectivity index (χ2n) is 3.10. The molecule has 0 aliphatic carbocycles. The molecule has 0 saturated heterocycles. The van der Waals surface area contributed by atoms with E-state index in [9.17, 15) is 0 Å². The van der Waals surface area contributed by atoms with Crippen LogP contribution in [-0.4, -0.2) is 25.1 Å². The van der Waals surface area contributed by atoms with Crippen LogP contribution in [0.4, 0.5) is 0 Å². The van der Waals surface area contributed by atoms with Crippen molar-refractivity contribution in [2.45, 2.75) is 6.10 Å². The Labute approximate surface area is 91.1 Å². The van der Waals surface area contributed by atoms with E-state index in [4.69, 9.17) is 10.5 Å². The van der Waals surface area contributed by atoms with Crippen molar-refractivity contribution >= 4 is 21.8 Å². The molecule has 1 aromatic rings. The molecular formula is C10H11BrN2O. The van der Waals surface area contributed by atoms with Gasteiger partial charge in [-0.1, -0.05) is 12.1 Å². The van der Waals surface area contributed by atoms with Gasteiger partial charge in [0.05, 0.1) is 12.1 Å². The monoisotopic (exact) mass is 254 g/mol. The highest BCUT2D eigenvalue weighted by Gasteiger charge is 2.20. The summed E-state index contributed by atoms with van der Waals surface area (Å²) in [6.07, 6.45) is 0.0390. The van der Waals surface area contributed by atoms with Gasteiger partial charge in [0.2, 0.25) is 5.90 Å². The fourth-order valence-electron chi connectivity index (χ4n) is 1.32. The number of nitrogens with zero attached hydrogens (tertiary/aromatic N) is 1. The van der Waals surface area contributed by atoms with Crippen LogP contribution in [0.2, 0.25) is 0 Å². The lowest BCUT2D eigenvalue weighted by Gasteiger charge is -2.08. The maximum atomic E-state index is 5.57. The predicted molar refractivity (Wildman–Crippen MR) is 59.5 cm³/mol. The molecule has 3 nitrogen and oxygen atoms in total. The number of hydrogen-bond acceptors (Lipinski definition) is 3. The normalized spacial score (nSPS) is 20.4. The van der Waals surface area contributed by atoms with Crippen molar-refractivity contribution in [2.75, 3.05) is 13.1 Å². The van der Waals surface area contributed by atoms with Gasteiger partial charge < -0.3 is 10.5 Å². The minimum Gasteiger partial charge on any atom is -0.471 e. The Balaban J connectivity index is 2.22. The van der Waals surface area contributed by atoms with Crippen molar-refractivity contribution in [1.29, 1.82) is 0 Å². The van der Waals surface area contributed by atoms with Gasteiger partial charge in [-0.2, -0.15) is 0 Å². The third-order valence-corrected chi connectivity index (χ3v) is 2.78. The summed E-state index contributed by atoms with van der Waals surface area (Å²) < 4.78 is 6.57. The van der Waals surface area contributed by atoms with E-state index < -0.39 is 0 Å². The zero-order chi connectivity index (χ0) is 9.97. The largest absolute Gasteiger partial charge is 0.471 e. The van der Waals surface area contributed by atoms with Crippen LogP contribution >= 0.6 is 15.9 Å². The van der Waals surface area contributed by atoms with Gasteiger partial charge in [0, 0.05) is 11.0 Å². The molecule has 0 spiro atoms. The Hall–Kier alpha value is -0.870. The summed E-state index contributed by atoms with van der Waals surface area (Å²) in [6.45, 7) is 1.17. The van der Waals surface area contributed by atoms with Crippen LogP contribution in [-0.2, 0) is 4.74 Å². The minimum atomic E-state index is 0.0390. The lowest BCUT2D eigenvalue weighted by Crippen LogP contribution is -2.23. The van der Waals surface area contributed by atoms with E-state index in [-0.39, 0.29) is 6.10 Å². The van der Waals surface area contributed by atoms with E-state index >= 15 is 0 Å². The Morgan fingerprint density at radius 3 is 2.93 bits per heavy atom. The molecule has 1 heterocycles. The second-order valence-corrected chi connectivity index (χ2v) is 3.96. The van der Waals surface area contributed by atoms with Crippen LogP contribution in [0, 0.1) is 0 Å². The summed E-state index contributed by atoms with van der Waals surface area (Å²) in [6, 6.07) is 7.87. The summed E-state index contributed by atoms with van der Waals surface area (Å²) in [5, 5.41) is 0. The van der Waals surface area contributed by atoms with Crippen LogP contribution in [0.5, 0.6) is 0 Å². The molecule has 2 N–H and O–H groups in total. The van der Waals surface area contributed by atoms with E-state index in [0.29, 0.717) is 19.0 Å². The number of nitrogens with two attached hydrogens (primary N) is 1. The third kappa shape index (κ3) is 1.81. The number of rotatable bonds is 2. The average molecular weight is 255 g/mol. The number of benzene rings is 1. The molecule has 4 heteroatoms. The van der Waals surface area contributed by atoms with E-state index in [2.05, 4.69) is 20.9 Å². The fraction of sp³-hybridized carbons (Fsp3) is 0.300. The van der Waals surface area contributed by atoms with Crippen molar-refractivity contribution in [3.8, 4) is 0 Å². The summed E-state index contributed by atoms with van der Waals surface area (Å²) >= 11 is 3.46. The Bertz CT molecular complexity index is 365. The molecule has 0 radical (unpaired) electrons. The highest BCUT2D eigenvalue weighted by atomic mass is 79.9. The van der Waals surface area contributed by atoms with Crippen LogP contribution in [0.3, 0.4) is 0 Å². The minimum absolute atomic E-state index is 0.0390. The smallest absolute Gasteiger partial charge is 0.217 e. The number of halogens is 1. The molecule has 1 unspecified atom stereocenters. The van der Waals surface area contributed by atoms with Crippen LogP contribution < -0.4 is 5.73 Å². The molecular weight excluding hydrogens is 244 g/mol. The molecule has 74 valence electrons. The summed E-state index contributed by atoms with van der Waals surface area (Å²) in [5.74, 6) is 0.688. The molecule has 0 fully saturated rings. The predicted octanol–water partition coefficient (Wildman–Crippen LogP) is 1.55. The van der Waals surface area contributed by atoms with Gasteiger partial charge in [0.25, 0.3) is 0 Å². The van der Waals surface area contributed by atoms with Gasteiger partial charge in [-0.05, 0) is 28.1 Å². The van der Waals surface area contributed by atoms with Crippen molar-refractivity contribution < 1.29 is 4.74 Å². The Morgan fingerprint density at radius 2 is 2.29 bits per heavy atom. The summed E-state index contributed by atoms with van der Waals surface area (Å²) in [4.78, 5) is 4.30. The third-order valence-electron chi connectivity index (χ3n) is 2.08. The first-order valence-corrected chi connectivity index (χ1v) is 5.26. The maximum absolute atomic E-state index is 5.57. The fourth-order valence-corrected chi connectivity index (χ4v) is 1.78. The number of hydrogen-bond donors (Lipinski definition) is 1. The molecule has 1 aliphatic heterocycles.